The van der Waals surface area contributed by atoms with E-state index in [1.807, 2.05) is 26.8 Å². The molecule has 1 heterocycles. The van der Waals surface area contributed by atoms with E-state index in [1.54, 1.807) is 45.0 Å². The molecule has 0 spiro atoms. The lowest BCUT2D eigenvalue weighted by Crippen LogP contribution is -2.41. The second-order valence-electron chi connectivity index (χ2n) is 10.6. The number of ether oxygens (including phenoxy) is 1. The third-order valence-electron chi connectivity index (χ3n) is 5.54. The van der Waals surface area contributed by atoms with Crippen LogP contribution in [0.25, 0.3) is 0 Å². The van der Waals surface area contributed by atoms with Crippen LogP contribution in [0, 0.1) is 22.6 Å². The molecule has 1 aliphatic heterocycles. The molecule has 4 nitrogen and oxygen atoms in total. The highest BCUT2D eigenvalue weighted by atomic mass is 35.5. The molecule has 0 amide bonds. The van der Waals surface area contributed by atoms with Gasteiger partial charge in [0.2, 0.25) is 0 Å². The number of carbonyl (C=O) groups is 1. The number of hydrogen-bond donors (Lipinski definition) is 1. The maximum atomic E-state index is 15.4. The van der Waals surface area contributed by atoms with Gasteiger partial charge in [-0.15, -0.1) is 0 Å². The number of nitrogens with zero attached hydrogens (tertiary/aromatic N) is 1. The van der Waals surface area contributed by atoms with Gasteiger partial charge in [0, 0.05) is 27.2 Å². The first-order valence-corrected chi connectivity index (χ1v) is 11.8. The molecule has 180 valence electrons. The Kier molecular flexibility index (Phi) is 7.09. The van der Waals surface area contributed by atoms with E-state index in [2.05, 4.69) is 11.4 Å². The molecule has 2 aromatic rings. The second kappa shape index (κ2) is 9.24. The minimum absolute atomic E-state index is 0.0708. The van der Waals surface area contributed by atoms with Crippen LogP contribution in [-0.2, 0) is 14.9 Å². The number of esters is 1. The molecule has 1 aliphatic rings. The predicted octanol–water partition coefficient (Wildman–Crippen LogP) is 6.92. The molecule has 34 heavy (non-hydrogen) atoms. The molecular weight excluding hydrogens is 474 g/mol. The van der Waals surface area contributed by atoms with Gasteiger partial charge in [0.05, 0.1) is 6.07 Å². The lowest BCUT2D eigenvalue weighted by Gasteiger charge is -2.33. The van der Waals surface area contributed by atoms with Crippen molar-refractivity contribution in [3.05, 3.63) is 81.2 Å². The fourth-order valence-electron chi connectivity index (χ4n) is 4.37. The van der Waals surface area contributed by atoms with Crippen molar-refractivity contribution in [1.29, 1.82) is 5.26 Å². The molecular formula is C27H29Cl2FN2O2. The second-order valence-corrected chi connectivity index (χ2v) is 11.5. The Morgan fingerprint density at radius 2 is 1.79 bits per heavy atom. The minimum atomic E-state index is -1.62. The third kappa shape index (κ3) is 5.09. The minimum Gasteiger partial charge on any atom is -0.458 e. The van der Waals surface area contributed by atoms with Crippen molar-refractivity contribution >= 4 is 29.2 Å². The molecule has 2 aromatic carbocycles. The van der Waals surface area contributed by atoms with Gasteiger partial charge in [-0.3, -0.25) is 0 Å². The molecule has 0 radical (unpaired) electrons. The van der Waals surface area contributed by atoms with Crippen molar-refractivity contribution in [2.45, 2.75) is 64.5 Å². The quantitative estimate of drug-likeness (QED) is 0.462. The molecule has 0 unspecified atom stereocenters. The summed E-state index contributed by atoms with van der Waals surface area (Å²) in [6, 6.07) is 12.4. The molecule has 0 aromatic heterocycles. The Hall–Kier alpha value is -2.55. The molecule has 3 rings (SSSR count). The summed E-state index contributed by atoms with van der Waals surface area (Å²) in [6.45, 7) is 11.2. The van der Waals surface area contributed by atoms with Crippen LogP contribution in [0.4, 0.5) is 4.39 Å². The van der Waals surface area contributed by atoms with Crippen molar-refractivity contribution < 1.29 is 13.9 Å². The van der Waals surface area contributed by atoms with Crippen LogP contribution in [-0.4, -0.2) is 17.6 Å². The van der Waals surface area contributed by atoms with E-state index in [-0.39, 0.29) is 10.6 Å². The van der Waals surface area contributed by atoms with Crippen molar-refractivity contribution in [1.82, 2.24) is 5.32 Å². The standard InChI is InChI=1S/C27H29Cl2FN2O2/c1-25(2,3)14-21-27(15-31,18-13-16(28)11-12-20(18)30)22(17-9-7-8-10-19(17)29)23(32-21)24(33)34-26(4,5)6/h7-14,22-23,32H,1-6H3/b21-14-/t22-,23+,27-/m0/s1. The number of allylic oxidation sites excluding steroid dienone is 2. The lowest BCUT2D eigenvalue weighted by atomic mass is 9.66. The van der Waals surface area contributed by atoms with Crippen LogP contribution in [0.5, 0.6) is 0 Å². The van der Waals surface area contributed by atoms with E-state index in [1.165, 1.54) is 18.2 Å². The summed E-state index contributed by atoms with van der Waals surface area (Å²) in [5, 5.41) is 14.6. The summed E-state index contributed by atoms with van der Waals surface area (Å²) in [5.74, 6) is -2.05. The summed E-state index contributed by atoms with van der Waals surface area (Å²) in [4.78, 5) is 13.5. The summed E-state index contributed by atoms with van der Waals surface area (Å²) >= 11 is 12.9. The number of benzene rings is 2. The largest absolute Gasteiger partial charge is 0.458 e. The normalized spacial score (nSPS) is 23.9. The molecule has 7 heteroatoms. The van der Waals surface area contributed by atoms with E-state index in [9.17, 15) is 10.1 Å². The number of nitrogens with one attached hydrogen (secondary N) is 1. The Balaban J connectivity index is 2.42. The molecule has 3 atom stereocenters. The van der Waals surface area contributed by atoms with E-state index in [0.717, 1.165) is 0 Å². The van der Waals surface area contributed by atoms with Gasteiger partial charge in [0.1, 0.15) is 22.9 Å². The van der Waals surface area contributed by atoms with E-state index < -0.39 is 40.2 Å². The number of nitriles is 1. The fourth-order valence-corrected chi connectivity index (χ4v) is 4.80. The lowest BCUT2D eigenvalue weighted by molar-refractivity contribution is -0.157. The van der Waals surface area contributed by atoms with Gasteiger partial charge in [0.25, 0.3) is 0 Å². The Morgan fingerprint density at radius 1 is 1.15 bits per heavy atom. The van der Waals surface area contributed by atoms with Gasteiger partial charge in [-0.25, -0.2) is 9.18 Å². The maximum Gasteiger partial charge on any atom is 0.329 e. The van der Waals surface area contributed by atoms with Crippen LogP contribution >= 0.6 is 23.2 Å². The van der Waals surface area contributed by atoms with Crippen LogP contribution < -0.4 is 5.32 Å². The van der Waals surface area contributed by atoms with Crippen molar-refractivity contribution in [2.75, 3.05) is 0 Å². The van der Waals surface area contributed by atoms with E-state index in [0.29, 0.717) is 16.3 Å². The van der Waals surface area contributed by atoms with Crippen molar-refractivity contribution in [2.24, 2.45) is 5.41 Å². The number of carbonyl (C=O) groups excluding carboxylic acids is 1. The smallest absolute Gasteiger partial charge is 0.329 e. The highest BCUT2D eigenvalue weighted by Gasteiger charge is 2.59. The first kappa shape index (κ1) is 26.1. The van der Waals surface area contributed by atoms with Gasteiger partial charge in [0.15, 0.2) is 0 Å². The zero-order valence-electron chi connectivity index (χ0n) is 20.2. The van der Waals surface area contributed by atoms with Crippen LogP contribution in [0.2, 0.25) is 10.0 Å². The zero-order chi connectivity index (χ0) is 25.5. The van der Waals surface area contributed by atoms with Gasteiger partial charge in [-0.1, -0.05) is 68.2 Å². The monoisotopic (exact) mass is 502 g/mol. The number of rotatable bonds is 3. The maximum absolute atomic E-state index is 15.4. The highest BCUT2D eigenvalue weighted by Crippen LogP contribution is 2.53. The topological polar surface area (TPSA) is 62.1 Å². The predicted molar refractivity (Wildman–Crippen MR) is 133 cm³/mol. The SMILES string of the molecule is CC(C)(C)/C=C1\N[C@@H](C(=O)OC(C)(C)C)[C@H](c2ccccc2Cl)[C@@]1(C#N)c1cc(Cl)ccc1F. The van der Waals surface area contributed by atoms with Crippen LogP contribution in [0.15, 0.2) is 54.2 Å². The average molecular weight is 503 g/mol. The molecule has 1 fully saturated rings. The Labute approximate surface area is 210 Å². The molecule has 0 aliphatic carbocycles. The molecule has 1 saturated heterocycles. The summed E-state index contributed by atoms with van der Waals surface area (Å²) in [5.41, 5.74) is -1.77. The van der Waals surface area contributed by atoms with Crippen LogP contribution in [0.1, 0.15) is 58.6 Å². The van der Waals surface area contributed by atoms with Gasteiger partial charge < -0.3 is 10.1 Å². The first-order chi connectivity index (χ1) is 15.7. The van der Waals surface area contributed by atoms with Gasteiger partial charge in [-0.2, -0.15) is 5.26 Å². The Bertz CT molecular complexity index is 1170. The van der Waals surface area contributed by atoms with E-state index in [4.69, 9.17) is 27.9 Å². The highest BCUT2D eigenvalue weighted by molar-refractivity contribution is 6.31. The van der Waals surface area contributed by atoms with Crippen LogP contribution in [0.3, 0.4) is 0 Å². The van der Waals surface area contributed by atoms with Gasteiger partial charge in [-0.05, 0) is 56.0 Å². The zero-order valence-corrected chi connectivity index (χ0v) is 21.7. The summed E-state index contributed by atoms with van der Waals surface area (Å²) < 4.78 is 21.2. The number of halogens is 3. The van der Waals surface area contributed by atoms with Crippen molar-refractivity contribution in [3.63, 3.8) is 0 Å². The molecule has 1 N–H and O–H groups in total. The van der Waals surface area contributed by atoms with Crippen molar-refractivity contribution in [3.8, 4) is 6.07 Å². The molecule has 0 bridgehead atoms. The summed E-state index contributed by atoms with van der Waals surface area (Å²) in [7, 11) is 0. The van der Waals surface area contributed by atoms with Gasteiger partial charge >= 0.3 is 5.97 Å². The third-order valence-corrected chi connectivity index (χ3v) is 6.12. The average Bonchev–Trinajstić information content (AvgIpc) is 3.02. The summed E-state index contributed by atoms with van der Waals surface area (Å²) in [6.07, 6.45) is 1.85. The first-order valence-electron chi connectivity index (χ1n) is 11.0. The molecule has 0 saturated carbocycles. The van der Waals surface area contributed by atoms with E-state index >= 15 is 4.39 Å². The number of hydrogen-bond acceptors (Lipinski definition) is 4. The fraction of sp³-hybridized carbons (Fsp3) is 0.407. The Morgan fingerprint density at radius 3 is 2.35 bits per heavy atom.